The molecule has 6 heteroatoms. The molecule has 1 aromatic heterocycles. The number of amides is 2. The van der Waals surface area contributed by atoms with Crippen LogP contribution in [-0.4, -0.2) is 39.7 Å². The zero-order valence-electron chi connectivity index (χ0n) is 16.3. The molecule has 0 radical (unpaired) electrons. The van der Waals surface area contributed by atoms with Crippen LogP contribution in [0.25, 0.3) is 10.9 Å². The third kappa shape index (κ3) is 3.42. The van der Waals surface area contributed by atoms with Crippen molar-refractivity contribution in [1.29, 1.82) is 0 Å². The Labute approximate surface area is 168 Å². The molecule has 2 heterocycles. The number of carbonyl (C=O) groups excluding carboxylic acids is 2. The Balaban J connectivity index is 1.58. The molecule has 146 valence electrons. The average molecular weight is 386 g/mol. The van der Waals surface area contributed by atoms with Gasteiger partial charge in [-0.15, -0.1) is 0 Å². The van der Waals surface area contributed by atoms with Crippen molar-refractivity contribution in [1.82, 2.24) is 14.9 Å². The highest BCUT2D eigenvalue weighted by Gasteiger charge is 2.30. The van der Waals surface area contributed by atoms with Gasteiger partial charge in [0.05, 0.1) is 12.3 Å². The van der Waals surface area contributed by atoms with Gasteiger partial charge in [0.25, 0.3) is 5.91 Å². The second-order valence-corrected chi connectivity index (χ2v) is 7.79. The molecule has 0 atom stereocenters. The van der Waals surface area contributed by atoms with Crippen molar-refractivity contribution < 1.29 is 9.59 Å². The number of rotatable bonds is 4. The van der Waals surface area contributed by atoms with Crippen molar-refractivity contribution in [2.24, 2.45) is 5.10 Å². The van der Waals surface area contributed by atoms with E-state index in [-0.39, 0.29) is 24.4 Å². The zero-order chi connectivity index (χ0) is 20.0. The summed E-state index contributed by atoms with van der Waals surface area (Å²) in [6.45, 7) is 2.43. The molecule has 5 rings (SSSR count). The number of nitrogens with one attached hydrogen (secondary N) is 1. The maximum Gasteiger partial charge on any atom is 0.291 e. The first-order chi connectivity index (χ1) is 14.1. The average Bonchev–Trinajstić information content (AvgIpc) is 3.47. The topological polar surface area (TPSA) is 66.7 Å². The summed E-state index contributed by atoms with van der Waals surface area (Å²) in [4.78, 5) is 25.7. The molecule has 1 fully saturated rings. The van der Waals surface area contributed by atoms with E-state index in [1.165, 1.54) is 5.01 Å². The van der Waals surface area contributed by atoms with Gasteiger partial charge in [-0.3, -0.25) is 9.59 Å². The molecule has 1 aliphatic heterocycles. The quantitative estimate of drug-likeness (QED) is 0.749. The minimum atomic E-state index is -0.255. The smallest absolute Gasteiger partial charge is 0.291 e. The molecule has 0 saturated heterocycles. The molecule has 3 aromatic rings. The normalized spacial score (nSPS) is 16.4. The number of hydrazone groups is 1. The first-order valence-corrected chi connectivity index (χ1v) is 9.92. The molecule has 0 spiro atoms. The summed E-state index contributed by atoms with van der Waals surface area (Å²) in [6.07, 6.45) is 2.01. The summed E-state index contributed by atoms with van der Waals surface area (Å²) in [5, 5.41) is 9.90. The van der Waals surface area contributed by atoms with Crippen LogP contribution in [0.5, 0.6) is 0 Å². The number of benzene rings is 2. The van der Waals surface area contributed by atoms with Gasteiger partial charge in [-0.1, -0.05) is 48.0 Å². The predicted octanol–water partition coefficient (Wildman–Crippen LogP) is 3.09. The van der Waals surface area contributed by atoms with Crippen LogP contribution >= 0.6 is 0 Å². The number of para-hydroxylation sites is 1. The molecule has 1 saturated carbocycles. The van der Waals surface area contributed by atoms with Crippen LogP contribution in [0.2, 0.25) is 0 Å². The lowest BCUT2D eigenvalue weighted by Crippen LogP contribution is -2.38. The van der Waals surface area contributed by atoms with E-state index in [1.54, 1.807) is 0 Å². The maximum absolute atomic E-state index is 13.3. The number of fused-ring (bicyclic) bond motifs is 3. The van der Waals surface area contributed by atoms with Crippen molar-refractivity contribution in [3.63, 3.8) is 0 Å². The molecular weight excluding hydrogens is 364 g/mol. The van der Waals surface area contributed by atoms with E-state index in [9.17, 15) is 9.59 Å². The van der Waals surface area contributed by atoms with Gasteiger partial charge in [0.2, 0.25) is 5.91 Å². The fraction of sp³-hybridized carbons (Fsp3) is 0.261. The summed E-state index contributed by atoms with van der Waals surface area (Å²) in [6, 6.07) is 18.2. The van der Waals surface area contributed by atoms with Gasteiger partial charge in [0.1, 0.15) is 12.2 Å². The fourth-order valence-corrected chi connectivity index (χ4v) is 3.70. The van der Waals surface area contributed by atoms with Crippen LogP contribution in [0.15, 0.2) is 59.7 Å². The highest BCUT2D eigenvalue weighted by Crippen LogP contribution is 2.25. The Morgan fingerprint density at radius 2 is 1.90 bits per heavy atom. The highest BCUT2D eigenvalue weighted by molar-refractivity contribution is 6.07. The lowest BCUT2D eigenvalue weighted by molar-refractivity contribution is -0.121. The molecule has 2 aliphatic rings. The van der Waals surface area contributed by atoms with Crippen molar-refractivity contribution in [2.75, 3.05) is 6.54 Å². The molecular formula is C23H22N4O2. The number of aromatic nitrogens is 1. The van der Waals surface area contributed by atoms with E-state index in [0.29, 0.717) is 12.2 Å². The standard InChI is InChI=1S/C23H22N4O2/c1-15-6-8-16(9-7-15)19-13-26-20-5-3-2-4-17(20)12-21(26)23(29)27(25-19)14-22(28)24-18-10-11-18/h2-9,12,18H,10-11,13-14H2,1H3,(H,24,28). The number of aryl methyl sites for hydroxylation is 1. The van der Waals surface area contributed by atoms with Gasteiger partial charge in [0, 0.05) is 16.9 Å². The third-order valence-corrected chi connectivity index (χ3v) is 5.43. The Bertz CT molecular complexity index is 1140. The summed E-state index contributed by atoms with van der Waals surface area (Å²) < 4.78 is 2.00. The van der Waals surface area contributed by atoms with Crippen LogP contribution in [0.4, 0.5) is 0 Å². The van der Waals surface area contributed by atoms with Gasteiger partial charge >= 0.3 is 0 Å². The van der Waals surface area contributed by atoms with E-state index in [0.717, 1.165) is 40.6 Å². The molecule has 0 unspecified atom stereocenters. The SMILES string of the molecule is Cc1ccc(C2=NN(CC(=O)NC3CC3)C(=O)c3cc4ccccc4n3C2)cc1. The zero-order valence-corrected chi connectivity index (χ0v) is 16.3. The summed E-state index contributed by atoms with van der Waals surface area (Å²) in [5.41, 5.74) is 4.40. The lowest BCUT2D eigenvalue weighted by Gasteiger charge is -2.16. The largest absolute Gasteiger partial charge is 0.352 e. The minimum Gasteiger partial charge on any atom is -0.352 e. The van der Waals surface area contributed by atoms with Gasteiger partial charge in [-0.25, -0.2) is 5.01 Å². The Hall–Kier alpha value is -3.41. The Morgan fingerprint density at radius 3 is 2.66 bits per heavy atom. The second-order valence-electron chi connectivity index (χ2n) is 7.79. The number of hydrogen-bond donors (Lipinski definition) is 1. The minimum absolute atomic E-state index is 0.0772. The van der Waals surface area contributed by atoms with Crippen molar-refractivity contribution >= 4 is 28.4 Å². The first-order valence-electron chi connectivity index (χ1n) is 9.92. The second kappa shape index (κ2) is 6.88. The van der Waals surface area contributed by atoms with Gasteiger partial charge in [-0.2, -0.15) is 5.10 Å². The highest BCUT2D eigenvalue weighted by atomic mass is 16.2. The van der Waals surface area contributed by atoms with E-state index >= 15 is 0 Å². The monoisotopic (exact) mass is 386 g/mol. The predicted molar refractivity (Wildman–Crippen MR) is 112 cm³/mol. The van der Waals surface area contributed by atoms with Crippen LogP contribution in [0.3, 0.4) is 0 Å². The molecule has 6 nitrogen and oxygen atoms in total. The third-order valence-electron chi connectivity index (χ3n) is 5.43. The molecule has 29 heavy (non-hydrogen) atoms. The van der Waals surface area contributed by atoms with Gasteiger partial charge < -0.3 is 9.88 Å². The van der Waals surface area contributed by atoms with Crippen LogP contribution in [0.1, 0.15) is 34.5 Å². The van der Waals surface area contributed by atoms with Crippen LogP contribution < -0.4 is 5.32 Å². The van der Waals surface area contributed by atoms with Crippen molar-refractivity contribution in [3.05, 3.63) is 71.4 Å². The van der Waals surface area contributed by atoms with Crippen LogP contribution in [-0.2, 0) is 11.3 Å². The van der Waals surface area contributed by atoms with E-state index in [2.05, 4.69) is 10.4 Å². The summed E-state index contributed by atoms with van der Waals surface area (Å²) in [5.74, 6) is -0.424. The van der Waals surface area contributed by atoms with E-state index in [4.69, 9.17) is 0 Å². The summed E-state index contributed by atoms with van der Waals surface area (Å²) >= 11 is 0. The molecule has 2 amide bonds. The fourth-order valence-electron chi connectivity index (χ4n) is 3.70. The first kappa shape index (κ1) is 17.7. The number of carbonyl (C=O) groups is 2. The van der Waals surface area contributed by atoms with E-state index in [1.807, 2.05) is 66.1 Å². The molecule has 1 N–H and O–H groups in total. The Morgan fingerprint density at radius 1 is 1.14 bits per heavy atom. The van der Waals surface area contributed by atoms with Gasteiger partial charge in [0.15, 0.2) is 0 Å². The van der Waals surface area contributed by atoms with Gasteiger partial charge in [-0.05, 0) is 37.5 Å². The van der Waals surface area contributed by atoms with Crippen molar-refractivity contribution in [3.8, 4) is 0 Å². The number of nitrogens with zero attached hydrogens (tertiary/aromatic N) is 3. The molecule has 0 bridgehead atoms. The number of hydrogen-bond acceptors (Lipinski definition) is 3. The Kier molecular flexibility index (Phi) is 4.19. The lowest BCUT2D eigenvalue weighted by atomic mass is 10.1. The van der Waals surface area contributed by atoms with Crippen molar-refractivity contribution in [2.45, 2.75) is 32.4 Å². The maximum atomic E-state index is 13.3. The summed E-state index contributed by atoms with van der Waals surface area (Å²) in [7, 11) is 0. The van der Waals surface area contributed by atoms with Crippen LogP contribution in [0, 0.1) is 6.92 Å². The molecule has 1 aliphatic carbocycles. The van der Waals surface area contributed by atoms with E-state index < -0.39 is 0 Å². The molecule has 2 aromatic carbocycles.